The molecule has 0 saturated carbocycles. The molecule has 106 valence electrons. The number of aromatic nitrogens is 1. The van der Waals surface area contributed by atoms with E-state index < -0.39 is 0 Å². The highest BCUT2D eigenvalue weighted by molar-refractivity contribution is 5.51. The van der Waals surface area contributed by atoms with Crippen molar-refractivity contribution < 1.29 is 0 Å². The van der Waals surface area contributed by atoms with Crippen LogP contribution in [-0.4, -0.2) is 24.1 Å². The maximum Gasteiger partial charge on any atom is 0.0397 e. The number of piperidine rings is 1. The molecule has 1 aromatic heterocycles. The van der Waals surface area contributed by atoms with E-state index in [1.54, 1.807) is 0 Å². The van der Waals surface area contributed by atoms with E-state index in [0.717, 1.165) is 37.2 Å². The summed E-state index contributed by atoms with van der Waals surface area (Å²) in [6.45, 7) is 2.13. The second kappa shape index (κ2) is 6.32. The molecule has 3 heteroatoms. The Labute approximate surface area is 126 Å². The fourth-order valence-corrected chi connectivity index (χ4v) is 2.77. The van der Waals surface area contributed by atoms with Gasteiger partial charge < -0.3 is 10.2 Å². The van der Waals surface area contributed by atoms with E-state index in [2.05, 4.69) is 39.3 Å². The maximum absolute atomic E-state index is 5.44. The summed E-state index contributed by atoms with van der Waals surface area (Å²) in [6.07, 6.45) is 11.4. The van der Waals surface area contributed by atoms with Crippen molar-refractivity contribution in [2.24, 2.45) is 0 Å². The minimum atomic E-state index is 0.510. The molecule has 0 bridgehead atoms. The van der Waals surface area contributed by atoms with Gasteiger partial charge in [0.05, 0.1) is 0 Å². The Morgan fingerprint density at radius 2 is 1.90 bits per heavy atom. The lowest BCUT2D eigenvalue weighted by Gasteiger charge is -2.34. The number of hydrogen-bond donors (Lipinski definition) is 1. The normalized spacial score (nSPS) is 15.5. The molecule has 1 aromatic carbocycles. The van der Waals surface area contributed by atoms with Gasteiger partial charge in [0.1, 0.15) is 0 Å². The van der Waals surface area contributed by atoms with Gasteiger partial charge in [0.25, 0.3) is 0 Å². The minimum Gasteiger partial charge on any atom is -0.382 e. The second-order valence-corrected chi connectivity index (χ2v) is 5.34. The average molecular weight is 277 g/mol. The Hall–Kier alpha value is -2.47. The van der Waals surface area contributed by atoms with Crippen LogP contribution < -0.4 is 10.2 Å². The van der Waals surface area contributed by atoms with Crippen molar-refractivity contribution in [3.8, 4) is 12.3 Å². The van der Waals surface area contributed by atoms with Crippen LogP contribution in [0.15, 0.2) is 48.8 Å². The molecule has 0 unspecified atom stereocenters. The monoisotopic (exact) mass is 277 g/mol. The molecule has 0 spiro atoms. The number of hydrogen-bond acceptors (Lipinski definition) is 3. The summed E-state index contributed by atoms with van der Waals surface area (Å²) in [6, 6.07) is 12.7. The van der Waals surface area contributed by atoms with E-state index in [1.807, 2.05) is 30.6 Å². The van der Waals surface area contributed by atoms with Gasteiger partial charge in [0.15, 0.2) is 0 Å². The van der Waals surface area contributed by atoms with Gasteiger partial charge >= 0.3 is 0 Å². The Kier molecular flexibility index (Phi) is 4.07. The van der Waals surface area contributed by atoms with Gasteiger partial charge in [-0.3, -0.25) is 4.98 Å². The molecular formula is C18H19N3. The van der Waals surface area contributed by atoms with E-state index in [-0.39, 0.29) is 0 Å². The van der Waals surface area contributed by atoms with Gasteiger partial charge in [-0.1, -0.05) is 12.0 Å². The van der Waals surface area contributed by atoms with Gasteiger partial charge in [0, 0.05) is 48.5 Å². The highest BCUT2D eigenvalue weighted by Gasteiger charge is 2.19. The summed E-state index contributed by atoms with van der Waals surface area (Å²) in [7, 11) is 0. The van der Waals surface area contributed by atoms with Crippen molar-refractivity contribution >= 4 is 11.4 Å². The Bertz CT molecular complexity index is 622. The smallest absolute Gasteiger partial charge is 0.0397 e. The Morgan fingerprint density at radius 1 is 1.14 bits per heavy atom. The van der Waals surface area contributed by atoms with Crippen LogP contribution in [0, 0.1) is 12.3 Å². The van der Waals surface area contributed by atoms with Gasteiger partial charge in [-0.25, -0.2) is 0 Å². The van der Waals surface area contributed by atoms with Crippen LogP contribution in [0.1, 0.15) is 18.4 Å². The summed E-state index contributed by atoms with van der Waals surface area (Å²) < 4.78 is 0. The number of benzene rings is 1. The third-order valence-electron chi connectivity index (χ3n) is 3.92. The average Bonchev–Trinajstić information content (AvgIpc) is 2.56. The predicted octanol–water partition coefficient (Wildman–Crippen LogP) is 3.14. The highest BCUT2D eigenvalue weighted by Crippen LogP contribution is 2.21. The van der Waals surface area contributed by atoms with Crippen LogP contribution >= 0.6 is 0 Å². The molecule has 0 radical (unpaired) electrons. The highest BCUT2D eigenvalue weighted by atomic mass is 15.1. The van der Waals surface area contributed by atoms with E-state index in [0.29, 0.717) is 6.04 Å². The molecule has 21 heavy (non-hydrogen) atoms. The summed E-state index contributed by atoms with van der Waals surface area (Å²) in [5, 5.41) is 3.59. The summed E-state index contributed by atoms with van der Waals surface area (Å²) in [4.78, 5) is 6.49. The van der Waals surface area contributed by atoms with Crippen molar-refractivity contribution in [1.82, 2.24) is 4.98 Å². The molecule has 1 aliphatic rings. The minimum absolute atomic E-state index is 0.510. The Balaban J connectivity index is 1.57. The molecule has 1 fully saturated rings. The molecule has 2 heterocycles. The molecule has 3 rings (SSSR count). The van der Waals surface area contributed by atoms with Gasteiger partial charge in [0.2, 0.25) is 0 Å². The van der Waals surface area contributed by atoms with Gasteiger partial charge in [-0.15, -0.1) is 6.42 Å². The molecule has 0 aliphatic carbocycles. The lowest BCUT2D eigenvalue weighted by Crippen LogP contribution is -2.39. The quantitative estimate of drug-likeness (QED) is 0.874. The van der Waals surface area contributed by atoms with Crippen molar-refractivity contribution in [2.45, 2.75) is 18.9 Å². The number of rotatable bonds is 3. The van der Waals surface area contributed by atoms with Crippen molar-refractivity contribution in [2.75, 3.05) is 23.3 Å². The first-order chi connectivity index (χ1) is 10.3. The number of nitrogens with one attached hydrogen (secondary N) is 1. The van der Waals surface area contributed by atoms with Crippen molar-refractivity contribution in [3.63, 3.8) is 0 Å². The zero-order chi connectivity index (χ0) is 14.5. The first-order valence-corrected chi connectivity index (χ1v) is 7.33. The van der Waals surface area contributed by atoms with E-state index in [9.17, 15) is 0 Å². The zero-order valence-electron chi connectivity index (χ0n) is 12.0. The predicted molar refractivity (Wildman–Crippen MR) is 87.5 cm³/mol. The van der Waals surface area contributed by atoms with Crippen LogP contribution in [0.3, 0.4) is 0 Å². The maximum atomic E-state index is 5.44. The first kappa shape index (κ1) is 13.5. The Morgan fingerprint density at radius 3 is 2.62 bits per heavy atom. The van der Waals surface area contributed by atoms with Crippen molar-refractivity contribution in [3.05, 3.63) is 54.4 Å². The van der Waals surface area contributed by atoms with Crippen molar-refractivity contribution in [1.29, 1.82) is 0 Å². The molecule has 1 N–H and O–H groups in total. The first-order valence-electron chi connectivity index (χ1n) is 7.33. The van der Waals surface area contributed by atoms with Gasteiger partial charge in [-0.2, -0.15) is 0 Å². The number of pyridine rings is 1. The van der Waals surface area contributed by atoms with Crippen LogP contribution in [0.25, 0.3) is 0 Å². The molecule has 3 nitrogen and oxygen atoms in total. The fourth-order valence-electron chi connectivity index (χ4n) is 2.77. The largest absolute Gasteiger partial charge is 0.382 e. The zero-order valence-corrected chi connectivity index (χ0v) is 12.0. The summed E-state index contributed by atoms with van der Waals surface area (Å²) in [5.74, 6) is 2.68. The molecule has 1 aliphatic heterocycles. The topological polar surface area (TPSA) is 28.2 Å². The van der Waals surface area contributed by atoms with E-state index >= 15 is 0 Å². The summed E-state index contributed by atoms with van der Waals surface area (Å²) >= 11 is 0. The molecule has 2 aromatic rings. The molecular weight excluding hydrogens is 258 g/mol. The summed E-state index contributed by atoms with van der Waals surface area (Å²) in [5.41, 5.74) is 3.31. The lowest BCUT2D eigenvalue weighted by molar-refractivity contribution is 0.526. The fraction of sp³-hybridized carbons (Fsp3) is 0.278. The molecule has 0 amide bonds. The third kappa shape index (κ3) is 3.35. The molecule has 1 saturated heterocycles. The second-order valence-electron chi connectivity index (χ2n) is 5.34. The number of terminal acetylenes is 1. The van der Waals surface area contributed by atoms with Crippen LogP contribution in [0.5, 0.6) is 0 Å². The lowest BCUT2D eigenvalue weighted by atomic mass is 10.0. The standard InChI is InChI=1S/C18H19N3/c1-2-15-4-3-5-17(14-15)20-16-8-12-21(13-9-16)18-6-10-19-11-7-18/h1,3-7,10-11,14,16,20H,8-9,12-13H2. The van der Waals surface area contributed by atoms with Crippen LogP contribution in [-0.2, 0) is 0 Å². The van der Waals surface area contributed by atoms with E-state index in [1.165, 1.54) is 5.69 Å². The van der Waals surface area contributed by atoms with Gasteiger partial charge in [-0.05, 0) is 43.2 Å². The van der Waals surface area contributed by atoms with Crippen LogP contribution in [0.4, 0.5) is 11.4 Å². The SMILES string of the molecule is C#Cc1cccc(NC2CCN(c3ccncc3)CC2)c1. The van der Waals surface area contributed by atoms with Crippen LogP contribution in [0.2, 0.25) is 0 Å². The number of anilines is 2. The molecule has 0 atom stereocenters. The number of nitrogens with zero attached hydrogens (tertiary/aromatic N) is 2. The third-order valence-corrected chi connectivity index (χ3v) is 3.92. The van der Waals surface area contributed by atoms with E-state index in [4.69, 9.17) is 6.42 Å².